The SMILES string of the molecule is Cc1nc(-c2ccc(Cl)cc2)ccc1COc1ccc(CCCCn2ccnn2)cc1. The minimum Gasteiger partial charge on any atom is -0.489 e. The molecular weight excluding hydrogens is 408 g/mol. The predicted molar refractivity (Wildman–Crippen MR) is 123 cm³/mol. The van der Waals surface area contributed by atoms with E-state index in [-0.39, 0.29) is 0 Å². The van der Waals surface area contributed by atoms with Crippen LogP contribution in [0, 0.1) is 6.92 Å². The van der Waals surface area contributed by atoms with Crippen LogP contribution < -0.4 is 4.74 Å². The molecule has 2 aromatic heterocycles. The van der Waals surface area contributed by atoms with Gasteiger partial charge in [-0.25, -0.2) is 0 Å². The lowest BCUT2D eigenvalue weighted by atomic mass is 10.1. The quantitative estimate of drug-likeness (QED) is 0.309. The first kappa shape index (κ1) is 21.1. The highest BCUT2D eigenvalue weighted by molar-refractivity contribution is 6.30. The van der Waals surface area contributed by atoms with E-state index >= 15 is 0 Å². The fourth-order valence-electron chi connectivity index (χ4n) is 3.39. The average molecular weight is 433 g/mol. The molecule has 4 aromatic rings. The summed E-state index contributed by atoms with van der Waals surface area (Å²) in [6.45, 7) is 3.42. The van der Waals surface area contributed by atoms with Crippen LogP contribution in [0.5, 0.6) is 5.75 Å². The lowest BCUT2D eigenvalue weighted by Crippen LogP contribution is -2.01. The minimum absolute atomic E-state index is 0.497. The van der Waals surface area contributed by atoms with Crippen LogP contribution in [-0.2, 0) is 19.6 Å². The van der Waals surface area contributed by atoms with E-state index in [4.69, 9.17) is 21.3 Å². The van der Waals surface area contributed by atoms with Gasteiger partial charge in [-0.15, -0.1) is 5.10 Å². The molecule has 4 rings (SSSR count). The van der Waals surface area contributed by atoms with Gasteiger partial charge in [-0.2, -0.15) is 0 Å². The number of aryl methyl sites for hydroxylation is 3. The van der Waals surface area contributed by atoms with Gasteiger partial charge in [-0.05, 0) is 62.1 Å². The first-order chi connectivity index (χ1) is 15.2. The van der Waals surface area contributed by atoms with Crippen molar-refractivity contribution in [2.24, 2.45) is 0 Å². The first-order valence-corrected chi connectivity index (χ1v) is 10.8. The lowest BCUT2D eigenvalue weighted by molar-refractivity contribution is 0.305. The molecule has 158 valence electrons. The summed E-state index contributed by atoms with van der Waals surface area (Å²) in [5.41, 5.74) is 5.35. The van der Waals surface area contributed by atoms with Gasteiger partial charge in [0, 0.05) is 34.6 Å². The Morgan fingerprint density at radius 3 is 2.45 bits per heavy atom. The van der Waals surface area contributed by atoms with Gasteiger partial charge < -0.3 is 4.74 Å². The molecule has 0 amide bonds. The molecule has 2 heterocycles. The van der Waals surface area contributed by atoms with E-state index in [9.17, 15) is 0 Å². The van der Waals surface area contributed by atoms with Gasteiger partial charge >= 0.3 is 0 Å². The smallest absolute Gasteiger partial charge is 0.119 e. The minimum atomic E-state index is 0.497. The van der Waals surface area contributed by atoms with E-state index in [1.54, 1.807) is 6.20 Å². The number of unbranched alkanes of at least 4 members (excludes halogenated alkanes) is 1. The van der Waals surface area contributed by atoms with E-state index in [1.807, 2.05) is 60.3 Å². The lowest BCUT2D eigenvalue weighted by Gasteiger charge is -2.11. The zero-order valence-electron chi connectivity index (χ0n) is 17.5. The zero-order chi connectivity index (χ0) is 21.5. The van der Waals surface area contributed by atoms with Gasteiger partial charge in [0.25, 0.3) is 0 Å². The second-order valence-electron chi connectivity index (χ2n) is 7.50. The molecule has 0 atom stereocenters. The standard InChI is InChI=1S/C25H25ClN4O/c1-19-22(9-14-25(28-19)21-7-10-23(26)11-8-21)18-31-24-12-5-20(6-13-24)4-2-3-16-30-17-15-27-29-30/h5-15,17H,2-4,16,18H2,1H3. The van der Waals surface area contributed by atoms with Gasteiger partial charge in [-0.3, -0.25) is 9.67 Å². The summed E-state index contributed by atoms with van der Waals surface area (Å²) >= 11 is 5.97. The molecule has 0 fully saturated rings. The molecular formula is C25H25ClN4O. The highest BCUT2D eigenvalue weighted by Crippen LogP contribution is 2.22. The molecule has 2 aromatic carbocycles. The molecule has 0 spiro atoms. The topological polar surface area (TPSA) is 52.8 Å². The summed E-state index contributed by atoms with van der Waals surface area (Å²) in [6.07, 6.45) is 6.86. The largest absolute Gasteiger partial charge is 0.489 e. The Hall–Kier alpha value is -3.18. The molecule has 31 heavy (non-hydrogen) atoms. The van der Waals surface area contributed by atoms with E-state index in [0.29, 0.717) is 6.61 Å². The molecule has 0 aliphatic carbocycles. The third kappa shape index (κ3) is 5.92. The van der Waals surface area contributed by atoms with Crippen molar-refractivity contribution in [2.45, 2.75) is 39.3 Å². The van der Waals surface area contributed by atoms with Gasteiger partial charge in [0.2, 0.25) is 0 Å². The van der Waals surface area contributed by atoms with Crippen molar-refractivity contribution in [3.8, 4) is 17.0 Å². The Morgan fingerprint density at radius 1 is 0.935 bits per heavy atom. The Labute approximate surface area is 187 Å². The Morgan fingerprint density at radius 2 is 1.74 bits per heavy atom. The highest BCUT2D eigenvalue weighted by atomic mass is 35.5. The Kier molecular flexibility index (Phi) is 6.95. The highest BCUT2D eigenvalue weighted by Gasteiger charge is 2.06. The monoisotopic (exact) mass is 432 g/mol. The fraction of sp³-hybridized carbons (Fsp3) is 0.240. The number of hydrogen-bond acceptors (Lipinski definition) is 4. The summed E-state index contributed by atoms with van der Waals surface area (Å²) in [5, 5.41) is 8.54. The Balaban J connectivity index is 1.27. The summed E-state index contributed by atoms with van der Waals surface area (Å²) < 4.78 is 7.86. The summed E-state index contributed by atoms with van der Waals surface area (Å²) in [4.78, 5) is 4.73. The van der Waals surface area contributed by atoms with Crippen molar-refractivity contribution >= 4 is 11.6 Å². The Bertz CT molecular complexity index is 1090. The van der Waals surface area contributed by atoms with Crippen molar-refractivity contribution in [1.29, 1.82) is 0 Å². The average Bonchev–Trinajstić information content (AvgIpc) is 3.31. The van der Waals surface area contributed by atoms with Gasteiger partial charge in [0.05, 0.1) is 11.9 Å². The number of ether oxygens (including phenoxy) is 1. The number of benzene rings is 2. The molecule has 0 aliphatic rings. The number of nitrogens with zero attached hydrogens (tertiary/aromatic N) is 4. The molecule has 0 bridgehead atoms. The van der Waals surface area contributed by atoms with Crippen LogP contribution >= 0.6 is 11.6 Å². The van der Waals surface area contributed by atoms with Crippen molar-refractivity contribution in [3.63, 3.8) is 0 Å². The normalized spacial score (nSPS) is 10.9. The number of halogens is 1. The molecule has 0 unspecified atom stereocenters. The van der Waals surface area contributed by atoms with E-state index in [2.05, 4.69) is 28.5 Å². The summed E-state index contributed by atoms with van der Waals surface area (Å²) in [5.74, 6) is 0.868. The van der Waals surface area contributed by atoms with Crippen LogP contribution in [0.3, 0.4) is 0 Å². The number of pyridine rings is 1. The van der Waals surface area contributed by atoms with Crippen molar-refractivity contribution < 1.29 is 4.74 Å². The van der Waals surface area contributed by atoms with Crippen molar-refractivity contribution in [2.75, 3.05) is 0 Å². The molecule has 0 saturated carbocycles. The molecule has 0 N–H and O–H groups in total. The third-order valence-corrected chi connectivity index (χ3v) is 5.48. The van der Waals surface area contributed by atoms with Crippen LogP contribution in [0.25, 0.3) is 11.3 Å². The van der Waals surface area contributed by atoms with E-state index in [1.165, 1.54) is 5.56 Å². The maximum atomic E-state index is 5.99. The van der Waals surface area contributed by atoms with E-state index < -0.39 is 0 Å². The van der Waals surface area contributed by atoms with Crippen molar-refractivity contribution in [1.82, 2.24) is 20.0 Å². The van der Waals surface area contributed by atoms with Gasteiger partial charge in [-0.1, -0.05) is 47.1 Å². The van der Waals surface area contributed by atoms with Crippen LogP contribution in [0.1, 0.15) is 29.7 Å². The van der Waals surface area contributed by atoms with Crippen LogP contribution in [0.4, 0.5) is 0 Å². The number of rotatable bonds is 9. The van der Waals surface area contributed by atoms with Crippen molar-refractivity contribution in [3.05, 3.63) is 94.9 Å². The second kappa shape index (κ2) is 10.2. The maximum absolute atomic E-state index is 5.99. The molecule has 0 radical (unpaired) electrons. The van der Waals surface area contributed by atoms with Gasteiger partial charge in [0.1, 0.15) is 12.4 Å². The zero-order valence-corrected chi connectivity index (χ0v) is 18.3. The number of aromatic nitrogens is 4. The third-order valence-electron chi connectivity index (χ3n) is 5.23. The maximum Gasteiger partial charge on any atom is 0.119 e. The molecule has 6 heteroatoms. The summed E-state index contributed by atoms with van der Waals surface area (Å²) in [6, 6.07) is 20.2. The molecule has 5 nitrogen and oxygen atoms in total. The first-order valence-electron chi connectivity index (χ1n) is 10.5. The van der Waals surface area contributed by atoms with Gasteiger partial charge in [0.15, 0.2) is 0 Å². The fourth-order valence-corrected chi connectivity index (χ4v) is 3.52. The van der Waals surface area contributed by atoms with Crippen LogP contribution in [-0.4, -0.2) is 20.0 Å². The van der Waals surface area contributed by atoms with Crippen LogP contribution in [0.2, 0.25) is 5.02 Å². The number of hydrogen-bond donors (Lipinski definition) is 0. The predicted octanol–water partition coefficient (Wildman–Crippen LogP) is 5.90. The van der Waals surface area contributed by atoms with E-state index in [0.717, 1.165) is 59.1 Å². The molecule has 0 saturated heterocycles. The molecule has 0 aliphatic heterocycles. The van der Waals surface area contributed by atoms with Crippen LogP contribution in [0.15, 0.2) is 73.1 Å². The second-order valence-corrected chi connectivity index (χ2v) is 7.94. The summed E-state index contributed by atoms with van der Waals surface area (Å²) in [7, 11) is 0.